The number of aryl methyl sites for hydroxylation is 1. The molecule has 0 spiro atoms. The van der Waals surface area contributed by atoms with E-state index < -0.39 is 0 Å². The lowest BCUT2D eigenvalue weighted by molar-refractivity contribution is -0.672. The van der Waals surface area contributed by atoms with Crippen molar-refractivity contribution >= 4 is 16.6 Å². The monoisotopic (exact) mass is 409 g/mol. The minimum Gasteiger partial charge on any atom is -0.361 e. The second-order valence-electron chi connectivity index (χ2n) is 7.93. The summed E-state index contributed by atoms with van der Waals surface area (Å²) in [6, 6.07) is 26.4. The summed E-state index contributed by atoms with van der Waals surface area (Å²) < 4.78 is 1.65. The van der Waals surface area contributed by atoms with Gasteiger partial charge in [-0.15, -0.1) is 0 Å². The Morgan fingerprint density at radius 2 is 1.81 bits per heavy atom. The van der Waals surface area contributed by atoms with E-state index in [4.69, 9.17) is 4.98 Å². The third kappa shape index (κ3) is 3.76. The van der Waals surface area contributed by atoms with Crippen molar-refractivity contribution in [3.8, 4) is 0 Å². The van der Waals surface area contributed by atoms with Gasteiger partial charge in [-0.1, -0.05) is 54.6 Å². The highest BCUT2D eigenvalue weighted by molar-refractivity contribution is 5.84. The van der Waals surface area contributed by atoms with Crippen molar-refractivity contribution in [1.29, 1.82) is 0 Å². The van der Waals surface area contributed by atoms with E-state index in [0.717, 1.165) is 23.4 Å². The predicted molar refractivity (Wildman–Crippen MR) is 123 cm³/mol. The second kappa shape index (κ2) is 8.20. The standard InChI is InChI=1S/C26H24N4O/c1-18-8-7-13-25-29-20(14-26(31)30(18)25)15-27-16-22(19-9-3-2-4-10-19)23-17-28-24-12-6-5-11-21(23)24/h2-14,17,22,27-28H,15-16H2,1H3/p+1/t22-/m0/s1. The zero-order valence-corrected chi connectivity index (χ0v) is 17.5. The molecular weight excluding hydrogens is 384 g/mol. The first-order valence-electron chi connectivity index (χ1n) is 10.6. The van der Waals surface area contributed by atoms with Crippen LogP contribution in [0.3, 0.4) is 0 Å². The van der Waals surface area contributed by atoms with Crippen molar-refractivity contribution in [2.75, 3.05) is 6.54 Å². The van der Waals surface area contributed by atoms with Crippen LogP contribution in [-0.4, -0.2) is 20.9 Å². The van der Waals surface area contributed by atoms with Crippen molar-refractivity contribution in [1.82, 2.24) is 14.4 Å². The quantitative estimate of drug-likeness (QED) is 0.452. The van der Waals surface area contributed by atoms with Crippen LogP contribution < -0.4 is 10.9 Å². The van der Waals surface area contributed by atoms with Gasteiger partial charge in [0.05, 0.1) is 12.5 Å². The molecule has 3 N–H and O–H groups in total. The normalized spacial score (nSPS) is 12.4. The van der Waals surface area contributed by atoms with Crippen molar-refractivity contribution in [2.24, 2.45) is 0 Å². The van der Waals surface area contributed by atoms with Crippen molar-refractivity contribution in [3.05, 3.63) is 118 Å². The Morgan fingerprint density at radius 3 is 2.68 bits per heavy atom. The van der Waals surface area contributed by atoms with E-state index >= 15 is 0 Å². The van der Waals surface area contributed by atoms with Crippen LogP contribution in [0.1, 0.15) is 28.4 Å². The topological polar surface area (TPSA) is 66.8 Å². The number of quaternary nitrogens is 1. The van der Waals surface area contributed by atoms with Gasteiger partial charge >= 0.3 is 0 Å². The lowest BCUT2D eigenvalue weighted by Crippen LogP contribution is -2.83. The summed E-state index contributed by atoms with van der Waals surface area (Å²) in [5.41, 5.74) is 6.11. The lowest BCUT2D eigenvalue weighted by Gasteiger charge is -2.16. The maximum atomic E-state index is 12.6. The molecular formula is C26H25N4O+. The van der Waals surface area contributed by atoms with Crippen molar-refractivity contribution in [3.63, 3.8) is 0 Å². The molecule has 5 aromatic rings. The Morgan fingerprint density at radius 1 is 1.00 bits per heavy atom. The van der Waals surface area contributed by atoms with E-state index in [2.05, 4.69) is 65.0 Å². The van der Waals surface area contributed by atoms with Gasteiger partial charge in [0.15, 0.2) is 0 Å². The lowest BCUT2D eigenvalue weighted by atomic mass is 9.91. The smallest absolute Gasteiger partial charge is 0.258 e. The SMILES string of the molecule is Cc1cccc2nc(C[NH2+]C[C@@H](c3ccccc3)c3c[nH]c4ccccc34)cc(=O)n12. The molecule has 3 aromatic heterocycles. The molecule has 0 saturated carbocycles. The number of hydrogen-bond acceptors (Lipinski definition) is 2. The van der Waals surface area contributed by atoms with Crippen LogP contribution >= 0.6 is 0 Å². The van der Waals surface area contributed by atoms with Gasteiger partial charge in [-0.25, -0.2) is 4.98 Å². The molecule has 0 bridgehead atoms. The van der Waals surface area contributed by atoms with Crippen LogP contribution in [0.2, 0.25) is 0 Å². The molecule has 5 heteroatoms. The fraction of sp³-hybridized carbons (Fsp3) is 0.154. The molecule has 0 unspecified atom stereocenters. The van der Waals surface area contributed by atoms with Crippen LogP contribution in [0, 0.1) is 6.92 Å². The number of aromatic amines is 1. The molecule has 3 heterocycles. The molecule has 0 fully saturated rings. The number of hydrogen-bond donors (Lipinski definition) is 2. The number of nitrogens with zero attached hydrogens (tertiary/aromatic N) is 2. The maximum absolute atomic E-state index is 12.6. The summed E-state index contributed by atoms with van der Waals surface area (Å²) in [5.74, 6) is 0.237. The highest BCUT2D eigenvalue weighted by Gasteiger charge is 2.20. The van der Waals surface area contributed by atoms with Gasteiger partial charge in [-0.05, 0) is 36.2 Å². The summed E-state index contributed by atoms with van der Waals surface area (Å²) in [7, 11) is 0. The molecule has 5 rings (SSSR count). The van der Waals surface area contributed by atoms with Crippen molar-refractivity contribution in [2.45, 2.75) is 19.4 Å². The van der Waals surface area contributed by atoms with Gasteiger partial charge < -0.3 is 10.3 Å². The minimum atomic E-state index is -0.0252. The molecule has 0 radical (unpaired) electrons. The number of pyridine rings is 1. The molecule has 2 aromatic carbocycles. The average Bonchev–Trinajstić information content (AvgIpc) is 3.21. The Labute approximate surface area is 180 Å². The fourth-order valence-corrected chi connectivity index (χ4v) is 4.38. The van der Waals surface area contributed by atoms with E-state index in [9.17, 15) is 4.79 Å². The van der Waals surface area contributed by atoms with Crippen LogP contribution in [0.25, 0.3) is 16.6 Å². The summed E-state index contributed by atoms with van der Waals surface area (Å²) in [6.07, 6.45) is 2.12. The number of H-pyrrole nitrogens is 1. The molecule has 31 heavy (non-hydrogen) atoms. The molecule has 0 aliphatic heterocycles. The third-order valence-corrected chi connectivity index (χ3v) is 5.89. The van der Waals surface area contributed by atoms with Crippen molar-refractivity contribution < 1.29 is 5.32 Å². The van der Waals surface area contributed by atoms with Gasteiger partial charge in [0, 0.05) is 28.9 Å². The zero-order valence-electron chi connectivity index (χ0n) is 17.5. The van der Waals surface area contributed by atoms with E-state index in [1.165, 1.54) is 16.5 Å². The molecule has 0 aliphatic rings. The first-order chi connectivity index (χ1) is 15.2. The second-order valence-corrected chi connectivity index (χ2v) is 7.93. The van der Waals surface area contributed by atoms with Gasteiger partial charge in [-0.2, -0.15) is 0 Å². The Bertz CT molecular complexity index is 1400. The van der Waals surface area contributed by atoms with Crippen LogP contribution in [0.15, 0.2) is 89.9 Å². The zero-order chi connectivity index (χ0) is 21.2. The average molecular weight is 410 g/mol. The molecule has 5 nitrogen and oxygen atoms in total. The first-order valence-corrected chi connectivity index (χ1v) is 10.6. The van der Waals surface area contributed by atoms with Crippen LogP contribution in [0.5, 0.6) is 0 Å². The van der Waals surface area contributed by atoms with Gasteiger partial charge in [-0.3, -0.25) is 9.20 Å². The summed E-state index contributed by atoms with van der Waals surface area (Å²) >= 11 is 0. The number of fused-ring (bicyclic) bond motifs is 2. The Kier molecular flexibility index (Phi) is 5.10. The number of para-hydroxylation sites is 1. The van der Waals surface area contributed by atoms with E-state index in [-0.39, 0.29) is 11.5 Å². The van der Waals surface area contributed by atoms with Crippen LogP contribution in [0.4, 0.5) is 0 Å². The third-order valence-electron chi connectivity index (χ3n) is 5.89. The molecule has 154 valence electrons. The first kappa shape index (κ1) is 19.3. The van der Waals surface area contributed by atoms with Crippen LogP contribution in [-0.2, 0) is 6.54 Å². The summed E-state index contributed by atoms with van der Waals surface area (Å²) in [5, 5.41) is 3.50. The van der Waals surface area contributed by atoms with E-state index in [0.29, 0.717) is 12.2 Å². The largest absolute Gasteiger partial charge is 0.361 e. The number of nitrogens with one attached hydrogen (secondary N) is 1. The minimum absolute atomic E-state index is 0.0252. The summed E-state index contributed by atoms with van der Waals surface area (Å²) in [4.78, 5) is 20.7. The highest BCUT2D eigenvalue weighted by atomic mass is 16.1. The summed E-state index contributed by atoms with van der Waals surface area (Å²) in [6.45, 7) is 3.44. The molecule has 0 amide bonds. The van der Waals surface area contributed by atoms with E-state index in [1.54, 1.807) is 10.5 Å². The number of nitrogens with two attached hydrogens (primary N) is 1. The molecule has 0 saturated heterocycles. The molecule has 1 atom stereocenters. The maximum Gasteiger partial charge on any atom is 0.258 e. The van der Waals surface area contributed by atoms with E-state index in [1.807, 2.05) is 31.2 Å². The molecule has 0 aliphatic carbocycles. The highest BCUT2D eigenvalue weighted by Crippen LogP contribution is 2.29. The Balaban J connectivity index is 1.42. The predicted octanol–water partition coefficient (Wildman–Crippen LogP) is 3.38. The fourth-order valence-electron chi connectivity index (χ4n) is 4.38. The Hall–Kier alpha value is -3.70. The van der Waals surface area contributed by atoms with Gasteiger partial charge in [0.2, 0.25) is 0 Å². The number of rotatable bonds is 6. The van der Waals surface area contributed by atoms with Gasteiger partial charge in [0.1, 0.15) is 17.9 Å². The number of benzene rings is 2. The number of aromatic nitrogens is 3. The van der Waals surface area contributed by atoms with Gasteiger partial charge in [0.25, 0.3) is 5.56 Å².